The Hall–Kier alpha value is -2.16. The van der Waals surface area contributed by atoms with E-state index in [0.29, 0.717) is 5.69 Å². The van der Waals surface area contributed by atoms with Crippen molar-refractivity contribution in [1.82, 2.24) is 4.98 Å². The molecule has 0 unspecified atom stereocenters. The Labute approximate surface area is 196 Å². The van der Waals surface area contributed by atoms with E-state index in [0.717, 1.165) is 21.9 Å². The minimum Gasteiger partial charge on any atom is -0.307 e. The number of amides is 2. The zero-order valence-electron chi connectivity index (χ0n) is 17.2. The second-order valence-electron chi connectivity index (χ2n) is 9.32. The van der Waals surface area contributed by atoms with Crippen molar-refractivity contribution in [3.05, 3.63) is 66.8 Å². The number of H-pyrrole nitrogens is 1. The molecular formula is C24H20N2O3S3. The number of rotatable bonds is 2. The molecule has 2 bridgehead atoms. The fraction of sp³-hybridized carbons (Fsp3) is 0.375. The number of nitrogens with zero attached hydrogens (tertiary/aromatic N) is 1. The Kier molecular flexibility index (Phi) is 4.03. The molecule has 2 saturated carbocycles. The van der Waals surface area contributed by atoms with Crippen molar-refractivity contribution in [2.45, 2.75) is 29.5 Å². The molecule has 162 valence electrons. The third kappa shape index (κ3) is 2.43. The summed E-state index contributed by atoms with van der Waals surface area (Å²) in [6.07, 6.45) is 0.929. The van der Waals surface area contributed by atoms with Crippen LogP contribution in [-0.4, -0.2) is 22.0 Å². The minimum atomic E-state index is -0.240. The maximum absolute atomic E-state index is 13.6. The van der Waals surface area contributed by atoms with E-state index in [-0.39, 0.29) is 57.4 Å². The van der Waals surface area contributed by atoms with Crippen LogP contribution in [0, 0.1) is 36.5 Å². The monoisotopic (exact) mass is 480 g/mol. The summed E-state index contributed by atoms with van der Waals surface area (Å²) in [5, 5.41) is 3.30. The van der Waals surface area contributed by atoms with Crippen molar-refractivity contribution in [2.24, 2.45) is 29.6 Å². The Morgan fingerprint density at radius 1 is 1.00 bits per heavy atom. The molecule has 5 nitrogen and oxygen atoms in total. The Bertz CT molecular complexity index is 1310. The van der Waals surface area contributed by atoms with Crippen LogP contribution >= 0.6 is 34.4 Å². The van der Waals surface area contributed by atoms with Crippen molar-refractivity contribution < 1.29 is 9.59 Å². The molecule has 1 aromatic carbocycles. The first-order valence-electron chi connectivity index (χ1n) is 10.9. The van der Waals surface area contributed by atoms with Gasteiger partial charge >= 0.3 is 4.87 Å². The van der Waals surface area contributed by atoms with E-state index in [4.69, 9.17) is 0 Å². The van der Waals surface area contributed by atoms with Crippen molar-refractivity contribution in [3.8, 4) is 0 Å². The standard InChI is InChI=1S/C24H20N2O3S3/c1-10-4-6-11(7-5-10)26-22(27)16-12-9-13(17(16)23(26)28)19-15(12)18(14-3-2-8-30-14)20-21(31-19)25-24(29)32-20/h2-8,12-13,15-19H,9H2,1H3,(H,25,29)/t12-,13-,15-,16-,17+,18+,19-/m1/s1. The zero-order chi connectivity index (χ0) is 21.7. The highest BCUT2D eigenvalue weighted by Gasteiger charge is 2.69. The fourth-order valence-electron chi connectivity index (χ4n) is 6.75. The number of nitrogens with one attached hydrogen (secondary N) is 1. The lowest BCUT2D eigenvalue weighted by Gasteiger charge is -2.42. The van der Waals surface area contributed by atoms with Gasteiger partial charge in [-0.2, -0.15) is 0 Å². The SMILES string of the molecule is Cc1ccc(N2C(=O)[C@@H]3[C@@H]4C[C@@H]([C@H]5Sc6[nH]c(=O)sc6[C@@H](c6cccs6)[C@@H]45)[C@@H]3C2=O)cc1. The number of imide groups is 1. The summed E-state index contributed by atoms with van der Waals surface area (Å²) in [7, 11) is 0. The number of anilines is 1. The number of thiazole rings is 1. The molecule has 2 aliphatic carbocycles. The predicted molar refractivity (Wildman–Crippen MR) is 126 cm³/mol. The van der Waals surface area contributed by atoms with Gasteiger partial charge in [0.25, 0.3) is 0 Å². The van der Waals surface area contributed by atoms with Crippen LogP contribution < -0.4 is 9.77 Å². The van der Waals surface area contributed by atoms with Gasteiger partial charge in [-0.05, 0) is 54.7 Å². The lowest BCUT2D eigenvalue weighted by atomic mass is 9.69. The topological polar surface area (TPSA) is 70.2 Å². The van der Waals surface area contributed by atoms with Crippen LogP contribution in [-0.2, 0) is 9.59 Å². The molecule has 8 heteroatoms. The van der Waals surface area contributed by atoms with Gasteiger partial charge in [-0.15, -0.1) is 23.1 Å². The number of hydrogen-bond acceptors (Lipinski definition) is 6. The average molecular weight is 481 g/mol. The smallest absolute Gasteiger partial charge is 0.305 e. The number of aromatic nitrogens is 1. The number of thioether (sulfide) groups is 1. The molecule has 3 fully saturated rings. The maximum Gasteiger partial charge on any atom is 0.305 e. The molecule has 32 heavy (non-hydrogen) atoms. The molecule has 0 spiro atoms. The normalized spacial score (nSPS) is 34.7. The summed E-state index contributed by atoms with van der Waals surface area (Å²) < 4.78 is 0. The molecule has 7 atom stereocenters. The van der Waals surface area contributed by atoms with Crippen LogP contribution in [0.4, 0.5) is 5.69 Å². The van der Waals surface area contributed by atoms with E-state index >= 15 is 0 Å². The number of aromatic amines is 1. The number of carbonyl (C=O) groups is 2. The summed E-state index contributed by atoms with van der Waals surface area (Å²) in [6, 6.07) is 11.9. The zero-order valence-corrected chi connectivity index (χ0v) is 19.6. The highest BCUT2D eigenvalue weighted by atomic mass is 32.2. The highest BCUT2D eigenvalue weighted by Crippen LogP contribution is 2.68. The quantitative estimate of drug-likeness (QED) is 0.549. The number of aryl methyl sites for hydroxylation is 1. The summed E-state index contributed by atoms with van der Waals surface area (Å²) in [4.78, 5) is 46.3. The minimum absolute atomic E-state index is 0.0192. The second-order valence-corrected chi connectivity index (χ2v) is 12.5. The molecule has 3 aromatic rings. The van der Waals surface area contributed by atoms with Crippen LogP contribution in [0.3, 0.4) is 0 Å². The molecule has 4 aliphatic rings. The summed E-state index contributed by atoms with van der Waals surface area (Å²) >= 11 is 4.77. The molecular weight excluding hydrogens is 460 g/mol. The van der Waals surface area contributed by atoms with Crippen LogP contribution in [0.15, 0.2) is 51.6 Å². The molecule has 4 heterocycles. The first-order chi connectivity index (χ1) is 15.5. The third-order valence-corrected chi connectivity index (χ3v) is 11.4. The Morgan fingerprint density at radius 2 is 1.75 bits per heavy atom. The van der Waals surface area contributed by atoms with Gasteiger partial charge in [0.2, 0.25) is 11.8 Å². The summed E-state index contributed by atoms with van der Waals surface area (Å²) in [5.41, 5.74) is 1.79. The van der Waals surface area contributed by atoms with E-state index in [2.05, 4.69) is 22.5 Å². The molecule has 1 saturated heterocycles. The number of hydrogen-bond donors (Lipinski definition) is 1. The summed E-state index contributed by atoms with van der Waals surface area (Å²) in [6.45, 7) is 2.00. The third-order valence-electron chi connectivity index (χ3n) is 7.87. The number of benzene rings is 1. The first kappa shape index (κ1) is 19.3. The van der Waals surface area contributed by atoms with E-state index in [9.17, 15) is 14.4 Å². The van der Waals surface area contributed by atoms with Gasteiger partial charge in [0, 0.05) is 20.9 Å². The van der Waals surface area contributed by atoms with Gasteiger partial charge in [0.15, 0.2) is 0 Å². The molecule has 2 aliphatic heterocycles. The van der Waals surface area contributed by atoms with Crippen molar-refractivity contribution in [1.29, 1.82) is 0 Å². The van der Waals surface area contributed by atoms with E-state index < -0.39 is 0 Å². The number of carbonyl (C=O) groups excluding carboxylic acids is 2. The molecule has 1 N–H and O–H groups in total. The Morgan fingerprint density at radius 3 is 2.47 bits per heavy atom. The van der Waals surface area contributed by atoms with Crippen LogP contribution in [0.25, 0.3) is 0 Å². The van der Waals surface area contributed by atoms with Crippen LogP contribution in [0.5, 0.6) is 0 Å². The lowest BCUT2D eigenvalue weighted by Crippen LogP contribution is -2.42. The van der Waals surface area contributed by atoms with Crippen molar-refractivity contribution >= 4 is 51.9 Å². The second kappa shape index (κ2) is 6.68. The van der Waals surface area contributed by atoms with Crippen molar-refractivity contribution in [3.63, 3.8) is 0 Å². The molecule has 2 aromatic heterocycles. The Balaban J connectivity index is 1.32. The maximum atomic E-state index is 13.6. The van der Waals surface area contributed by atoms with E-state index in [1.807, 2.05) is 31.2 Å². The van der Waals surface area contributed by atoms with Crippen molar-refractivity contribution in [2.75, 3.05) is 4.90 Å². The van der Waals surface area contributed by atoms with Crippen LogP contribution in [0.1, 0.15) is 27.7 Å². The average Bonchev–Trinajstić information content (AvgIpc) is 3.57. The molecule has 0 radical (unpaired) electrons. The van der Waals surface area contributed by atoms with Gasteiger partial charge in [-0.25, -0.2) is 0 Å². The predicted octanol–water partition coefficient (Wildman–Crippen LogP) is 4.48. The van der Waals surface area contributed by atoms with E-state index in [1.165, 1.54) is 21.1 Å². The largest absolute Gasteiger partial charge is 0.307 e. The lowest BCUT2D eigenvalue weighted by molar-refractivity contribution is -0.123. The van der Waals surface area contributed by atoms with Gasteiger partial charge in [0.05, 0.1) is 22.5 Å². The fourth-order valence-corrected chi connectivity index (χ4v) is 10.6. The highest BCUT2D eigenvalue weighted by molar-refractivity contribution is 8.00. The molecule has 2 amide bonds. The van der Waals surface area contributed by atoms with Gasteiger partial charge in [-0.3, -0.25) is 19.3 Å². The van der Waals surface area contributed by atoms with Gasteiger partial charge < -0.3 is 4.98 Å². The van der Waals surface area contributed by atoms with Crippen LogP contribution in [0.2, 0.25) is 0 Å². The number of thiophene rings is 1. The molecule has 7 rings (SSSR count). The van der Waals surface area contributed by atoms with Gasteiger partial charge in [-0.1, -0.05) is 35.1 Å². The van der Waals surface area contributed by atoms with E-state index in [1.54, 1.807) is 23.1 Å². The number of fused-ring (bicyclic) bond motifs is 9. The summed E-state index contributed by atoms with van der Waals surface area (Å²) in [5.74, 6) is 0.211. The first-order valence-corrected chi connectivity index (χ1v) is 13.5. The van der Waals surface area contributed by atoms with Gasteiger partial charge in [0.1, 0.15) is 0 Å².